The summed E-state index contributed by atoms with van der Waals surface area (Å²) in [6, 6.07) is 15.1. The van der Waals surface area contributed by atoms with E-state index in [2.05, 4.69) is 44.4 Å². The average Bonchev–Trinajstić information content (AvgIpc) is 3.43. The molecule has 7 rings (SSSR count). The molecule has 1 aliphatic carbocycles. The van der Waals surface area contributed by atoms with Crippen LogP contribution < -0.4 is 0 Å². The minimum Gasteiger partial charge on any atom is -0.478 e. The average molecular weight is 496 g/mol. The molecule has 0 unspecified atom stereocenters. The van der Waals surface area contributed by atoms with Gasteiger partial charge in [0, 0.05) is 47.2 Å². The fourth-order valence-corrected chi connectivity index (χ4v) is 7.53. The first-order chi connectivity index (χ1) is 18.2. The molecule has 1 N–H and O–H groups in total. The van der Waals surface area contributed by atoms with Crippen molar-refractivity contribution in [2.45, 2.75) is 83.3 Å². The molecular weight excluding hydrogens is 458 g/mol. The number of benzene rings is 2. The van der Waals surface area contributed by atoms with Gasteiger partial charge in [0.15, 0.2) is 0 Å². The number of fused-ring (bicyclic) bond motifs is 4. The Labute approximate surface area is 218 Å². The first kappa shape index (κ1) is 23.1. The summed E-state index contributed by atoms with van der Waals surface area (Å²) in [6.07, 6.45) is 11.4. The number of carboxylic acids is 1. The number of para-hydroxylation sites is 1. The van der Waals surface area contributed by atoms with Gasteiger partial charge in [-0.25, -0.2) is 4.79 Å². The van der Waals surface area contributed by atoms with Crippen LogP contribution in [0.3, 0.4) is 0 Å². The largest absolute Gasteiger partial charge is 0.478 e. The molecule has 0 bridgehead atoms. The van der Waals surface area contributed by atoms with Crippen LogP contribution >= 0.6 is 0 Å². The van der Waals surface area contributed by atoms with Crippen LogP contribution in [0.15, 0.2) is 42.5 Å². The van der Waals surface area contributed by atoms with E-state index in [0.717, 1.165) is 31.6 Å². The molecule has 4 heterocycles. The lowest BCUT2D eigenvalue weighted by Crippen LogP contribution is -2.30. The summed E-state index contributed by atoms with van der Waals surface area (Å²) in [5.41, 5.74) is 8.44. The minimum atomic E-state index is -0.846. The van der Waals surface area contributed by atoms with E-state index in [9.17, 15) is 9.90 Å². The maximum atomic E-state index is 11.9. The van der Waals surface area contributed by atoms with E-state index in [1.807, 2.05) is 12.1 Å². The van der Waals surface area contributed by atoms with Crippen LogP contribution in [0, 0.1) is 0 Å². The molecule has 1 saturated carbocycles. The summed E-state index contributed by atoms with van der Waals surface area (Å²) in [7, 11) is 0. The van der Waals surface area contributed by atoms with E-state index in [4.69, 9.17) is 0 Å². The number of nitrogens with zero attached hydrogens (tertiary/aromatic N) is 3. The van der Waals surface area contributed by atoms with Crippen molar-refractivity contribution in [3.8, 4) is 11.3 Å². The Morgan fingerprint density at radius 1 is 0.838 bits per heavy atom. The predicted octanol–water partition coefficient (Wildman–Crippen LogP) is 7.40. The first-order valence-electron chi connectivity index (χ1n) is 14.4. The van der Waals surface area contributed by atoms with Gasteiger partial charge in [-0.3, -0.25) is 4.90 Å². The third-order valence-electron chi connectivity index (χ3n) is 9.22. The smallest absolute Gasteiger partial charge is 0.335 e. The summed E-state index contributed by atoms with van der Waals surface area (Å²) < 4.78 is 5.09. The van der Waals surface area contributed by atoms with Crippen LogP contribution in [-0.4, -0.2) is 38.2 Å². The normalized spacial score (nSPS) is 19.1. The molecule has 0 radical (unpaired) electrons. The van der Waals surface area contributed by atoms with Crippen molar-refractivity contribution in [1.82, 2.24) is 14.0 Å². The number of hydrogen-bond donors (Lipinski definition) is 1. The molecule has 37 heavy (non-hydrogen) atoms. The van der Waals surface area contributed by atoms with Crippen molar-refractivity contribution in [3.05, 3.63) is 59.3 Å². The number of aromatic nitrogens is 2. The van der Waals surface area contributed by atoms with Crippen LogP contribution in [-0.2, 0) is 19.6 Å². The summed E-state index contributed by atoms with van der Waals surface area (Å²) in [4.78, 5) is 14.5. The second-order valence-electron chi connectivity index (χ2n) is 11.5. The van der Waals surface area contributed by atoms with Crippen molar-refractivity contribution in [2.75, 3.05) is 13.1 Å². The van der Waals surface area contributed by atoms with E-state index >= 15 is 0 Å². The molecule has 2 fully saturated rings. The molecule has 2 aromatic heterocycles. The van der Waals surface area contributed by atoms with Gasteiger partial charge in [0.25, 0.3) is 0 Å². The van der Waals surface area contributed by atoms with Gasteiger partial charge in [-0.2, -0.15) is 0 Å². The Bertz CT molecular complexity index is 1480. The molecule has 3 aliphatic rings. The second-order valence-corrected chi connectivity index (χ2v) is 11.5. The third-order valence-corrected chi connectivity index (χ3v) is 9.22. The Balaban J connectivity index is 1.47. The van der Waals surface area contributed by atoms with E-state index in [-0.39, 0.29) is 0 Å². The monoisotopic (exact) mass is 495 g/mol. The maximum absolute atomic E-state index is 11.9. The van der Waals surface area contributed by atoms with Gasteiger partial charge in [-0.1, -0.05) is 49.9 Å². The zero-order valence-corrected chi connectivity index (χ0v) is 21.7. The van der Waals surface area contributed by atoms with E-state index in [1.54, 1.807) is 0 Å². The molecular formula is C32H37N3O2. The highest BCUT2D eigenvalue weighted by molar-refractivity contribution is 6.02. The van der Waals surface area contributed by atoms with Crippen molar-refractivity contribution < 1.29 is 9.90 Å². The Kier molecular flexibility index (Phi) is 5.84. The van der Waals surface area contributed by atoms with E-state index < -0.39 is 5.97 Å². The molecule has 0 amide bonds. The second kappa shape index (κ2) is 9.36. The zero-order chi connectivity index (χ0) is 24.9. The third kappa shape index (κ3) is 3.90. The molecule has 5 nitrogen and oxygen atoms in total. The van der Waals surface area contributed by atoms with Gasteiger partial charge in [0.05, 0.1) is 16.8 Å². The van der Waals surface area contributed by atoms with Crippen molar-refractivity contribution >= 4 is 27.8 Å². The maximum Gasteiger partial charge on any atom is 0.335 e. The highest BCUT2D eigenvalue weighted by Gasteiger charge is 2.29. The Morgan fingerprint density at radius 2 is 1.62 bits per heavy atom. The van der Waals surface area contributed by atoms with Crippen LogP contribution in [0.2, 0.25) is 0 Å². The molecule has 5 heteroatoms. The fourth-order valence-electron chi connectivity index (χ4n) is 7.53. The number of aromatic carboxylic acids is 1. The number of rotatable bonds is 4. The Hall–Kier alpha value is -3.05. The minimum absolute atomic E-state index is 0.385. The van der Waals surface area contributed by atoms with Gasteiger partial charge in [0.1, 0.15) is 0 Å². The molecule has 0 atom stereocenters. The summed E-state index contributed by atoms with van der Waals surface area (Å²) in [5.74, 6) is -0.310. The van der Waals surface area contributed by atoms with Crippen LogP contribution in [0.25, 0.3) is 33.1 Å². The summed E-state index contributed by atoms with van der Waals surface area (Å²) in [5, 5.41) is 12.4. The lowest BCUT2D eigenvalue weighted by Gasteiger charge is -2.28. The molecule has 1 saturated heterocycles. The molecule has 4 aromatic rings. The van der Waals surface area contributed by atoms with E-state index in [1.165, 1.54) is 103 Å². The number of hydrogen-bond acceptors (Lipinski definition) is 2. The summed E-state index contributed by atoms with van der Waals surface area (Å²) >= 11 is 0. The van der Waals surface area contributed by atoms with Gasteiger partial charge < -0.3 is 14.2 Å². The van der Waals surface area contributed by atoms with Gasteiger partial charge in [0.2, 0.25) is 0 Å². The highest BCUT2D eigenvalue weighted by Crippen LogP contribution is 2.47. The quantitative estimate of drug-likeness (QED) is 0.321. The van der Waals surface area contributed by atoms with Crippen LogP contribution in [0.4, 0.5) is 0 Å². The molecule has 2 aliphatic heterocycles. The highest BCUT2D eigenvalue weighted by atomic mass is 16.4. The van der Waals surface area contributed by atoms with Gasteiger partial charge in [-0.15, -0.1) is 0 Å². The van der Waals surface area contributed by atoms with Crippen LogP contribution in [0.1, 0.15) is 85.3 Å². The lowest BCUT2D eigenvalue weighted by molar-refractivity contribution is 0.0697. The van der Waals surface area contributed by atoms with Crippen molar-refractivity contribution in [1.29, 1.82) is 0 Å². The van der Waals surface area contributed by atoms with E-state index in [0.29, 0.717) is 11.5 Å². The number of aryl methyl sites for hydroxylation is 2. The Morgan fingerprint density at radius 3 is 2.43 bits per heavy atom. The first-order valence-corrected chi connectivity index (χ1v) is 14.4. The molecule has 2 aromatic carbocycles. The number of carbonyl (C=O) groups is 1. The summed E-state index contributed by atoms with van der Waals surface area (Å²) in [6.45, 7) is 5.37. The SMILES string of the molecule is O=C(O)c1ccc2c(C3CCCCC3)c3n(c2c1)CCCn1c(CN2CCCCC2)cc2cccc-3c21. The molecule has 0 spiro atoms. The van der Waals surface area contributed by atoms with Gasteiger partial charge in [-0.05, 0) is 74.9 Å². The van der Waals surface area contributed by atoms with Gasteiger partial charge >= 0.3 is 5.97 Å². The fraction of sp³-hybridized carbons (Fsp3) is 0.469. The predicted molar refractivity (Wildman–Crippen MR) is 149 cm³/mol. The van der Waals surface area contributed by atoms with Crippen molar-refractivity contribution in [3.63, 3.8) is 0 Å². The standard InChI is InChI=1S/C32H37N3O2/c36-32(37)24-13-14-26-28(20-24)35-18-8-17-34-25(21-33-15-5-2-6-16-33)19-23-11-7-12-27(30(23)34)31(35)29(26)22-9-3-1-4-10-22/h7,11-14,19-20,22H,1-6,8-10,15-18,21H2,(H,36,37). The molecule has 192 valence electrons. The van der Waals surface area contributed by atoms with Crippen molar-refractivity contribution in [2.24, 2.45) is 0 Å². The topological polar surface area (TPSA) is 50.4 Å². The van der Waals surface area contributed by atoms with Crippen LogP contribution in [0.5, 0.6) is 0 Å². The number of carboxylic acid groups (broad SMARTS) is 1. The zero-order valence-electron chi connectivity index (χ0n) is 21.7. The number of piperidine rings is 1. The number of likely N-dealkylation sites (tertiary alicyclic amines) is 1. The lowest BCUT2D eigenvalue weighted by atomic mass is 9.81.